The van der Waals surface area contributed by atoms with Gasteiger partial charge in [0.2, 0.25) is 11.8 Å². The summed E-state index contributed by atoms with van der Waals surface area (Å²) in [6.07, 6.45) is 6.86. The predicted molar refractivity (Wildman–Crippen MR) is 92.0 cm³/mol. The average molecular weight is 329 g/mol. The largest absolute Gasteiger partial charge is 0.342 e. The zero-order valence-corrected chi connectivity index (χ0v) is 14.9. The first-order chi connectivity index (χ1) is 11.3. The predicted octanol–water partition coefficient (Wildman–Crippen LogP) is 2.61. The van der Waals surface area contributed by atoms with Crippen molar-refractivity contribution in [3.63, 3.8) is 0 Å². The Balaban J connectivity index is 1.71. The summed E-state index contributed by atoms with van der Waals surface area (Å²) >= 11 is 0. The molecule has 2 aliphatic heterocycles. The Hall–Kier alpha value is -1.91. The van der Waals surface area contributed by atoms with Gasteiger partial charge in [0.15, 0.2) is 0 Å². The zero-order chi connectivity index (χ0) is 17.4. The number of aromatic nitrogens is 1. The van der Waals surface area contributed by atoms with Crippen LogP contribution in [-0.2, 0) is 16.1 Å². The molecule has 0 aromatic carbocycles. The highest BCUT2D eigenvalue weighted by molar-refractivity contribution is 5.82. The van der Waals surface area contributed by atoms with E-state index in [1.54, 1.807) is 6.20 Å². The monoisotopic (exact) mass is 329 g/mol. The van der Waals surface area contributed by atoms with Gasteiger partial charge in [-0.3, -0.25) is 14.6 Å². The smallest absolute Gasteiger partial charge is 0.227 e. The molecule has 5 nitrogen and oxygen atoms in total. The molecule has 2 amide bonds. The van der Waals surface area contributed by atoms with Crippen LogP contribution in [0.2, 0.25) is 0 Å². The SMILES string of the molecule is CC(C)(C)C(=O)N1CCC2(CCC(=O)N2Cc2cccnc2)CC1. The van der Waals surface area contributed by atoms with Crippen LogP contribution in [0.3, 0.4) is 0 Å². The molecule has 0 bridgehead atoms. The second kappa shape index (κ2) is 6.19. The number of pyridine rings is 1. The lowest BCUT2D eigenvalue weighted by Crippen LogP contribution is -2.55. The summed E-state index contributed by atoms with van der Waals surface area (Å²) in [6.45, 7) is 8.01. The van der Waals surface area contributed by atoms with Crippen LogP contribution < -0.4 is 0 Å². The first kappa shape index (κ1) is 16.9. The third kappa shape index (κ3) is 3.17. The molecule has 0 atom stereocenters. The van der Waals surface area contributed by atoms with E-state index in [4.69, 9.17) is 0 Å². The van der Waals surface area contributed by atoms with Crippen LogP contribution in [0.1, 0.15) is 52.0 Å². The number of hydrogen-bond acceptors (Lipinski definition) is 3. The molecule has 24 heavy (non-hydrogen) atoms. The highest BCUT2D eigenvalue weighted by atomic mass is 16.2. The summed E-state index contributed by atoms with van der Waals surface area (Å²) in [4.78, 5) is 33.1. The molecular weight excluding hydrogens is 302 g/mol. The van der Waals surface area contributed by atoms with Crippen molar-refractivity contribution in [2.24, 2.45) is 5.41 Å². The van der Waals surface area contributed by atoms with Gasteiger partial charge in [0.25, 0.3) is 0 Å². The first-order valence-electron chi connectivity index (χ1n) is 8.81. The van der Waals surface area contributed by atoms with Gasteiger partial charge in [-0.05, 0) is 30.9 Å². The molecule has 0 radical (unpaired) electrons. The van der Waals surface area contributed by atoms with Gasteiger partial charge in [-0.1, -0.05) is 26.8 Å². The van der Waals surface area contributed by atoms with Crippen LogP contribution >= 0.6 is 0 Å². The van der Waals surface area contributed by atoms with E-state index >= 15 is 0 Å². The molecule has 2 fully saturated rings. The maximum absolute atomic E-state index is 12.5. The fraction of sp³-hybridized carbons (Fsp3) is 0.632. The number of likely N-dealkylation sites (tertiary alicyclic amines) is 2. The van der Waals surface area contributed by atoms with Crippen LogP contribution in [0.5, 0.6) is 0 Å². The molecule has 0 aliphatic carbocycles. The first-order valence-corrected chi connectivity index (χ1v) is 8.81. The summed E-state index contributed by atoms with van der Waals surface area (Å²) in [5, 5.41) is 0. The number of nitrogens with zero attached hydrogens (tertiary/aromatic N) is 3. The van der Waals surface area contributed by atoms with Crippen molar-refractivity contribution in [3.05, 3.63) is 30.1 Å². The second-order valence-electron chi connectivity index (χ2n) is 8.11. The Morgan fingerprint density at radius 2 is 1.96 bits per heavy atom. The fourth-order valence-corrected chi connectivity index (χ4v) is 3.92. The molecular formula is C19H27N3O2. The van der Waals surface area contributed by atoms with E-state index in [2.05, 4.69) is 4.98 Å². The minimum absolute atomic E-state index is 0.0818. The Bertz CT molecular complexity index is 613. The van der Waals surface area contributed by atoms with Gasteiger partial charge in [0.1, 0.15) is 0 Å². The minimum Gasteiger partial charge on any atom is -0.342 e. The van der Waals surface area contributed by atoms with Gasteiger partial charge >= 0.3 is 0 Å². The highest BCUT2D eigenvalue weighted by Gasteiger charge is 2.47. The van der Waals surface area contributed by atoms with Gasteiger partial charge in [0, 0.05) is 49.4 Å². The average Bonchev–Trinajstić information content (AvgIpc) is 2.85. The van der Waals surface area contributed by atoms with Crippen molar-refractivity contribution < 1.29 is 9.59 Å². The quantitative estimate of drug-likeness (QED) is 0.838. The number of piperidine rings is 1. The Kier molecular flexibility index (Phi) is 4.37. The maximum atomic E-state index is 12.5. The van der Waals surface area contributed by atoms with Gasteiger partial charge in [-0.25, -0.2) is 0 Å². The Morgan fingerprint density at radius 3 is 2.54 bits per heavy atom. The lowest BCUT2D eigenvalue weighted by Gasteiger charge is -2.46. The van der Waals surface area contributed by atoms with Crippen molar-refractivity contribution in [1.82, 2.24) is 14.8 Å². The van der Waals surface area contributed by atoms with E-state index in [1.807, 2.05) is 48.9 Å². The van der Waals surface area contributed by atoms with E-state index in [9.17, 15) is 9.59 Å². The van der Waals surface area contributed by atoms with Gasteiger partial charge in [-0.2, -0.15) is 0 Å². The van der Waals surface area contributed by atoms with Crippen molar-refractivity contribution >= 4 is 11.8 Å². The standard InChI is InChI=1S/C19H27N3O2/c1-18(2,3)17(24)21-11-8-19(9-12-21)7-6-16(23)22(19)14-15-5-4-10-20-13-15/h4-5,10,13H,6-9,11-12,14H2,1-3H3. The number of carbonyl (C=O) groups is 2. The third-order valence-corrected chi connectivity index (χ3v) is 5.36. The third-order valence-electron chi connectivity index (χ3n) is 5.36. The molecule has 3 heterocycles. The van der Waals surface area contributed by atoms with E-state index in [0.717, 1.165) is 37.9 Å². The van der Waals surface area contributed by atoms with Crippen LogP contribution in [0, 0.1) is 5.41 Å². The topological polar surface area (TPSA) is 53.5 Å². The summed E-state index contributed by atoms with van der Waals surface area (Å²) in [5.41, 5.74) is 0.646. The molecule has 130 valence electrons. The molecule has 2 aliphatic rings. The molecule has 2 saturated heterocycles. The van der Waals surface area contributed by atoms with Crippen molar-refractivity contribution in [2.45, 2.75) is 58.5 Å². The van der Waals surface area contributed by atoms with Crippen LogP contribution in [0.25, 0.3) is 0 Å². The highest BCUT2D eigenvalue weighted by Crippen LogP contribution is 2.40. The van der Waals surface area contributed by atoms with Gasteiger partial charge in [-0.15, -0.1) is 0 Å². The minimum atomic E-state index is -0.342. The van der Waals surface area contributed by atoms with Crippen molar-refractivity contribution in [3.8, 4) is 0 Å². The van der Waals surface area contributed by atoms with Gasteiger partial charge < -0.3 is 9.80 Å². The molecule has 1 aromatic heterocycles. The van der Waals surface area contributed by atoms with E-state index in [0.29, 0.717) is 13.0 Å². The van der Waals surface area contributed by atoms with E-state index in [-0.39, 0.29) is 22.8 Å². The lowest BCUT2D eigenvalue weighted by molar-refractivity contribution is -0.143. The summed E-state index contributed by atoms with van der Waals surface area (Å²) in [6, 6.07) is 3.93. The Morgan fingerprint density at radius 1 is 1.25 bits per heavy atom. The second-order valence-corrected chi connectivity index (χ2v) is 8.11. The van der Waals surface area contributed by atoms with Crippen LogP contribution in [0.4, 0.5) is 0 Å². The van der Waals surface area contributed by atoms with Crippen LogP contribution in [0.15, 0.2) is 24.5 Å². The number of amides is 2. The molecule has 5 heteroatoms. The van der Waals surface area contributed by atoms with Crippen LogP contribution in [-0.4, -0.2) is 45.2 Å². The van der Waals surface area contributed by atoms with Crippen molar-refractivity contribution in [1.29, 1.82) is 0 Å². The molecule has 3 rings (SSSR count). The summed E-state index contributed by atoms with van der Waals surface area (Å²) in [5.74, 6) is 0.440. The van der Waals surface area contributed by atoms with E-state index in [1.165, 1.54) is 0 Å². The lowest BCUT2D eigenvalue weighted by atomic mass is 9.83. The Labute approximate surface area is 144 Å². The zero-order valence-electron chi connectivity index (χ0n) is 14.9. The summed E-state index contributed by atoms with van der Waals surface area (Å²) in [7, 11) is 0. The number of carbonyl (C=O) groups excluding carboxylic acids is 2. The normalized spacial score (nSPS) is 20.7. The van der Waals surface area contributed by atoms with Gasteiger partial charge in [0.05, 0.1) is 0 Å². The van der Waals surface area contributed by atoms with E-state index < -0.39 is 0 Å². The number of rotatable bonds is 2. The molecule has 0 N–H and O–H groups in total. The maximum Gasteiger partial charge on any atom is 0.227 e. The van der Waals surface area contributed by atoms with Crippen molar-refractivity contribution in [2.75, 3.05) is 13.1 Å². The molecule has 1 aromatic rings. The summed E-state index contributed by atoms with van der Waals surface area (Å²) < 4.78 is 0. The number of hydrogen-bond donors (Lipinski definition) is 0. The molecule has 1 spiro atoms. The molecule has 0 unspecified atom stereocenters. The fourth-order valence-electron chi connectivity index (χ4n) is 3.92. The molecule has 0 saturated carbocycles.